The summed E-state index contributed by atoms with van der Waals surface area (Å²) < 4.78 is 29.2. The molecule has 6 rings (SSSR count). The van der Waals surface area contributed by atoms with Gasteiger partial charge in [0.15, 0.2) is 0 Å². The maximum absolute atomic E-state index is 13.8. The van der Waals surface area contributed by atoms with Crippen LogP contribution in [0.1, 0.15) is 110 Å². The number of benzene rings is 1. The van der Waals surface area contributed by atoms with E-state index in [9.17, 15) is 28.8 Å². The highest BCUT2D eigenvalue weighted by Crippen LogP contribution is 2.41. The number of aromatic nitrogens is 2. The van der Waals surface area contributed by atoms with Crippen molar-refractivity contribution < 1.29 is 47.7 Å². The predicted octanol–water partition coefficient (Wildman–Crippen LogP) is 5.93. The molecule has 2 atom stereocenters. The molecule has 0 spiro atoms. The third kappa shape index (κ3) is 9.40. The van der Waals surface area contributed by atoms with Gasteiger partial charge in [0.2, 0.25) is 11.5 Å². The van der Waals surface area contributed by atoms with Crippen LogP contribution in [-0.2, 0) is 56.8 Å². The number of hydrogen-bond donors (Lipinski definition) is 2. The van der Waals surface area contributed by atoms with Gasteiger partial charge in [0.25, 0.3) is 5.56 Å². The number of ether oxygens (including phenoxy) is 5. The number of nitrogens with zero attached hydrogens (tertiary/aromatic N) is 2. The van der Waals surface area contributed by atoms with Gasteiger partial charge in [-0.1, -0.05) is 25.1 Å². The lowest BCUT2D eigenvalue weighted by molar-refractivity contribution is -0.175. The zero-order chi connectivity index (χ0) is 41.3. The van der Waals surface area contributed by atoms with E-state index in [1.807, 2.05) is 30.3 Å². The molecule has 1 aromatic carbocycles. The van der Waals surface area contributed by atoms with Crippen molar-refractivity contribution in [3.05, 3.63) is 63.4 Å². The Morgan fingerprint density at radius 1 is 0.982 bits per heavy atom. The standard InChI is InChI=1S/C42H52N4O11/c1-8-42(29-20-32-34-26(19-25-11-9-10-12-30(25)44-34)21-46(32)35(48)28(29)23-53-37(42)50)57-39(52)54-22-24-13-15-27(16-14-24)43-33(47)18-17-31(36(49)55-40(2,3)4)45-38(51)56-41(5,6)7/h9-12,19-20,24,27,31H,8,13-18,21-23H2,1-7H3,(H,43,47)(H,45,51)/t24?,27?,31-,42-/m0/s1. The average Bonchev–Trinajstić information content (AvgIpc) is 3.49. The Balaban J connectivity index is 1.03. The van der Waals surface area contributed by atoms with E-state index in [2.05, 4.69) is 10.6 Å². The van der Waals surface area contributed by atoms with E-state index in [0.717, 1.165) is 16.5 Å². The molecule has 15 heteroatoms. The van der Waals surface area contributed by atoms with Crippen LogP contribution in [0, 0.1) is 5.92 Å². The van der Waals surface area contributed by atoms with Crippen LogP contribution < -0.4 is 16.2 Å². The number of nitrogens with one attached hydrogen (secondary N) is 2. The summed E-state index contributed by atoms with van der Waals surface area (Å²) in [5.74, 6) is -1.74. The zero-order valence-electron chi connectivity index (χ0n) is 33.7. The number of rotatable bonds is 10. The van der Waals surface area contributed by atoms with Crippen molar-refractivity contribution in [1.82, 2.24) is 20.2 Å². The Morgan fingerprint density at radius 3 is 2.37 bits per heavy atom. The van der Waals surface area contributed by atoms with Crippen molar-refractivity contribution in [3.8, 4) is 11.4 Å². The molecule has 0 unspecified atom stereocenters. The minimum absolute atomic E-state index is 0.00915. The van der Waals surface area contributed by atoms with Crippen LogP contribution >= 0.6 is 0 Å². The number of esters is 2. The molecule has 2 amide bonds. The van der Waals surface area contributed by atoms with Crippen molar-refractivity contribution in [2.24, 2.45) is 5.92 Å². The smallest absolute Gasteiger partial charge is 0.458 e. The predicted molar refractivity (Wildman–Crippen MR) is 207 cm³/mol. The summed E-state index contributed by atoms with van der Waals surface area (Å²) in [4.78, 5) is 83.5. The molecule has 306 valence electrons. The topological polar surface area (TPSA) is 190 Å². The highest BCUT2D eigenvalue weighted by Gasteiger charge is 2.51. The van der Waals surface area contributed by atoms with Crippen molar-refractivity contribution in [2.75, 3.05) is 6.61 Å². The molecule has 3 aliphatic rings. The quantitative estimate of drug-likeness (QED) is 0.143. The fourth-order valence-corrected chi connectivity index (χ4v) is 7.56. The fourth-order valence-electron chi connectivity index (χ4n) is 7.56. The molecule has 1 fully saturated rings. The Morgan fingerprint density at radius 2 is 1.68 bits per heavy atom. The lowest BCUT2D eigenvalue weighted by atomic mass is 9.85. The normalized spacial score (nSPS) is 20.6. The number of hydrogen-bond acceptors (Lipinski definition) is 12. The van der Waals surface area contributed by atoms with Crippen LogP contribution in [0.4, 0.5) is 9.59 Å². The van der Waals surface area contributed by atoms with E-state index in [-0.39, 0.29) is 67.0 Å². The van der Waals surface area contributed by atoms with Gasteiger partial charge >= 0.3 is 24.2 Å². The van der Waals surface area contributed by atoms with Crippen LogP contribution in [-0.4, -0.2) is 69.5 Å². The number of pyridine rings is 2. The summed E-state index contributed by atoms with van der Waals surface area (Å²) in [5, 5.41) is 6.49. The number of carbonyl (C=O) groups is 5. The van der Waals surface area contributed by atoms with Crippen molar-refractivity contribution >= 4 is 41.0 Å². The van der Waals surface area contributed by atoms with Crippen LogP contribution in [0.5, 0.6) is 0 Å². The molecular formula is C42H52N4O11. The fraction of sp³-hybridized carbons (Fsp3) is 0.548. The molecule has 1 aliphatic carbocycles. The highest BCUT2D eigenvalue weighted by molar-refractivity contribution is 5.88. The number of cyclic esters (lactones) is 1. The molecule has 1 saturated carbocycles. The number of alkyl carbamates (subject to hydrolysis) is 1. The zero-order valence-corrected chi connectivity index (χ0v) is 33.7. The molecule has 2 aromatic heterocycles. The van der Waals surface area contributed by atoms with Gasteiger partial charge in [0, 0.05) is 29.0 Å². The SMILES string of the molecule is CC[C@@]1(OC(=O)OCC2CCC(NC(=O)CC[C@H](NC(=O)OC(C)(C)C)C(=O)OC(C)(C)C)CC2)C(=O)OCc2c1cc1n(c2=O)Cc2cc3ccccc3nc2-1. The monoisotopic (exact) mass is 788 g/mol. The molecule has 57 heavy (non-hydrogen) atoms. The molecule has 15 nitrogen and oxygen atoms in total. The first-order chi connectivity index (χ1) is 26.9. The number of carbonyl (C=O) groups excluding carboxylic acids is 5. The lowest BCUT2D eigenvalue weighted by Crippen LogP contribution is -2.47. The molecule has 0 bridgehead atoms. The van der Waals surface area contributed by atoms with E-state index in [1.165, 1.54) is 0 Å². The lowest BCUT2D eigenvalue weighted by Gasteiger charge is -2.35. The van der Waals surface area contributed by atoms with Gasteiger partial charge in [-0.15, -0.1) is 0 Å². The number of para-hydroxylation sites is 1. The van der Waals surface area contributed by atoms with Gasteiger partial charge in [-0.05, 0) is 104 Å². The van der Waals surface area contributed by atoms with Crippen molar-refractivity contribution in [3.63, 3.8) is 0 Å². The number of amides is 2. The highest BCUT2D eigenvalue weighted by atomic mass is 16.7. The van der Waals surface area contributed by atoms with E-state index in [4.69, 9.17) is 28.7 Å². The minimum Gasteiger partial charge on any atom is -0.458 e. The van der Waals surface area contributed by atoms with Gasteiger partial charge in [-0.2, -0.15) is 0 Å². The van der Waals surface area contributed by atoms with E-state index in [0.29, 0.717) is 43.6 Å². The first kappa shape index (κ1) is 41.2. The Kier molecular flexibility index (Phi) is 11.7. The van der Waals surface area contributed by atoms with E-state index >= 15 is 0 Å². The van der Waals surface area contributed by atoms with Crippen LogP contribution in [0.2, 0.25) is 0 Å². The second kappa shape index (κ2) is 16.2. The Hall–Kier alpha value is -5.47. The second-order valence-corrected chi connectivity index (χ2v) is 17.0. The Bertz CT molecular complexity index is 2120. The summed E-state index contributed by atoms with van der Waals surface area (Å²) in [6.45, 7) is 12.1. The summed E-state index contributed by atoms with van der Waals surface area (Å²) in [5.41, 5.74) is -0.469. The minimum atomic E-state index is -1.88. The number of fused-ring (bicyclic) bond motifs is 5. The molecule has 2 N–H and O–H groups in total. The van der Waals surface area contributed by atoms with Crippen molar-refractivity contribution in [1.29, 1.82) is 0 Å². The Labute approximate surface area is 331 Å². The maximum atomic E-state index is 13.8. The summed E-state index contributed by atoms with van der Waals surface area (Å²) in [6, 6.07) is 10.2. The van der Waals surface area contributed by atoms with Gasteiger partial charge in [-0.25, -0.2) is 24.2 Å². The molecule has 4 heterocycles. The third-order valence-electron chi connectivity index (χ3n) is 10.3. The summed E-state index contributed by atoms with van der Waals surface area (Å²) in [7, 11) is 0. The molecule has 3 aromatic rings. The first-order valence-corrected chi connectivity index (χ1v) is 19.6. The van der Waals surface area contributed by atoms with E-state index < -0.39 is 47.0 Å². The van der Waals surface area contributed by atoms with Crippen LogP contribution in [0.3, 0.4) is 0 Å². The van der Waals surface area contributed by atoms with Crippen molar-refractivity contribution in [2.45, 2.75) is 135 Å². The largest absolute Gasteiger partial charge is 0.509 e. The maximum Gasteiger partial charge on any atom is 0.509 e. The third-order valence-corrected chi connectivity index (χ3v) is 10.3. The van der Waals surface area contributed by atoms with Gasteiger partial charge < -0.3 is 38.9 Å². The summed E-state index contributed by atoms with van der Waals surface area (Å²) in [6.07, 6.45) is 0.692. The average molecular weight is 789 g/mol. The molecule has 2 aliphatic heterocycles. The van der Waals surface area contributed by atoms with E-state index in [1.54, 1.807) is 59.1 Å². The second-order valence-electron chi connectivity index (χ2n) is 17.0. The molecule has 0 saturated heterocycles. The molecular weight excluding hydrogens is 736 g/mol. The van der Waals surface area contributed by atoms with Crippen LogP contribution in [0.15, 0.2) is 41.2 Å². The van der Waals surface area contributed by atoms with Gasteiger partial charge in [0.05, 0.1) is 35.6 Å². The first-order valence-electron chi connectivity index (χ1n) is 19.6. The van der Waals surface area contributed by atoms with Crippen LogP contribution in [0.25, 0.3) is 22.3 Å². The van der Waals surface area contributed by atoms with Gasteiger partial charge in [-0.3, -0.25) is 9.59 Å². The molecule has 0 radical (unpaired) electrons. The summed E-state index contributed by atoms with van der Waals surface area (Å²) >= 11 is 0. The van der Waals surface area contributed by atoms with Gasteiger partial charge in [0.1, 0.15) is 23.9 Å².